The molecule has 0 spiro atoms. The van der Waals surface area contributed by atoms with Crippen molar-refractivity contribution in [3.8, 4) is 0 Å². The molecule has 1 atom stereocenters. The number of Topliss-reactive ketones (excluding diaryl/α,β-unsaturated/α-hetero) is 1. The van der Waals surface area contributed by atoms with E-state index < -0.39 is 5.38 Å². The highest BCUT2D eigenvalue weighted by Gasteiger charge is 2.12. The van der Waals surface area contributed by atoms with Gasteiger partial charge < -0.3 is 0 Å². The highest BCUT2D eigenvalue weighted by molar-refractivity contribution is 9.10. The molecule has 1 rings (SSSR count). The fourth-order valence-corrected chi connectivity index (χ4v) is 1.98. The van der Waals surface area contributed by atoms with Gasteiger partial charge in [-0.1, -0.05) is 28.1 Å². The molecule has 0 amide bonds. The van der Waals surface area contributed by atoms with Crippen molar-refractivity contribution in [2.24, 2.45) is 0 Å². The average molecular weight is 276 g/mol. The number of benzene rings is 1. The van der Waals surface area contributed by atoms with Crippen LogP contribution in [0.3, 0.4) is 0 Å². The van der Waals surface area contributed by atoms with Crippen LogP contribution in [0.4, 0.5) is 0 Å². The van der Waals surface area contributed by atoms with Gasteiger partial charge in [0.05, 0.1) is 5.38 Å². The summed E-state index contributed by atoms with van der Waals surface area (Å²) in [7, 11) is 0. The van der Waals surface area contributed by atoms with E-state index in [0.717, 1.165) is 10.0 Å². The number of carbonyl (C=O) groups excluding carboxylic acids is 1. The van der Waals surface area contributed by atoms with Gasteiger partial charge in [-0.3, -0.25) is 4.79 Å². The first-order chi connectivity index (χ1) is 6.50. The lowest BCUT2D eigenvalue weighted by Gasteiger charge is -2.08. The summed E-state index contributed by atoms with van der Waals surface area (Å²) in [6.07, 6.45) is 0.581. The van der Waals surface area contributed by atoms with Crippen LogP contribution in [-0.2, 0) is 11.2 Å². The van der Waals surface area contributed by atoms with Crippen LogP contribution in [0.5, 0.6) is 0 Å². The van der Waals surface area contributed by atoms with Gasteiger partial charge in [0, 0.05) is 4.47 Å². The number of alkyl halides is 1. The predicted octanol–water partition coefficient (Wildman–Crippen LogP) is 3.50. The molecule has 1 unspecified atom stereocenters. The standard InChI is InChI=1S/C11H12BrClO/c1-7-3-4-9(10(12)5-7)6-11(13)8(2)14/h3-5,11H,6H2,1-2H3. The van der Waals surface area contributed by atoms with Crippen LogP contribution in [0.15, 0.2) is 22.7 Å². The van der Waals surface area contributed by atoms with Crippen LogP contribution in [0.1, 0.15) is 18.1 Å². The van der Waals surface area contributed by atoms with Gasteiger partial charge in [0.2, 0.25) is 0 Å². The van der Waals surface area contributed by atoms with Gasteiger partial charge in [0.15, 0.2) is 0 Å². The summed E-state index contributed by atoms with van der Waals surface area (Å²) in [5.41, 5.74) is 2.26. The van der Waals surface area contributed by atoms with Gasteiger partial charge >= 0.3 is 0 Å². The van der Waals surface area contributed by atoms with Crippen LogP contribution < -0.4 is 0 Å². The number of hydrogen-bond acceptors (Lipinski definition) is 1. The van der Waals surface area contributed by atoms with Crippen molar-refractivity contribution in [1.29, 1.82) is 0 Å². The zero-order chi connectivity index (χ0) is 10.7. The summed E-state index contributed by atoms with van der Waals surface area (Å²) >= 11 is 9.35. The zero-order valence-electron chi connectivity index (χ0n) is 8.18. The molecule has 0 N–H and O–H groups in total. The molecule has 0 aliphatic heterocycles. The minimum absolute atomic E-state index is 0.0131. The molecule has 0 fully saturated rings. The number of halogens is 2. The van der Waals surface area contributed by atoms with Crippen molar-refractivity contribution in [2.75, 3.05) is 0 Å². The zero-order valence-corrected chi connectivity index (χ0v) is 10.5. The molecular formula is C11H12BrClO. The Kier molecular flexibility index (Phi) is 4.14. The van der Waals surface area contributed by atoms with E-state index in [4.69, 9.17) is 11.6 Å². The molecule has 0 aromatic heterocycles. The van der Waals surface area contributed by atoms with Crippen LogP contribution in [-0.4, -0.2) is 11.2 Å². The molecular weight excluding hydrogens is 263 g/mol. The van der Waals surface area contributed by atoms with E-state index in [0.29, 0.717) is 6.42 Å². The van der Waals surface area contributed by atoms with Gasteiger partial charge in [-0.05, 0) is 37.5 Å². The Bertz CT molecular complexity index is 349. The van der Waals surface area contributed by atoms with Crippen molar-refractivity contribution in [2.45, 2.75) is 25.6 Å². The highest BCUT2D eigenvalue weighted by atomic mass is 79.9. The summed E-state index contributed by atoms with van der Waals surface area (Å²) in [6.45, 7) is 3.54. The Morgan fingerprint density at radius 1 is 1.57 bits per heavy atom. The Morgan fingerprint density at radius 3 is 2.71 bits per heavy atom. The lowest BCUT2D eigenvalue weighted by atomic mass is 10.1. The monoisotopic (exact) mass is 274 g/mol. The summed E-state index contributed by atoms with van der Waals surface area (Å²) in [5, 5.41) is -0.422. The van der Waals surface area contributed by atoms with E-state index in [-0.39, 0.29) is 5.78 Å². The molecule has 3 heteroatoms. The lowest BCUT2D eigenvalue weighted by molar-refractivity contribution is -0.116. The van der Waals surface area contributed by atoms with Crippen LogP contribution >= 0.6 is 27.5 Å². The third kappa shape index (κ3) is 3.10. The molecule has 0 saturated heterocycles. The topological polar surface area (TPSA) is 17.1 Å². The number of rotatable bonds is 3. The summed E-state index contributed by atoms with van der Waals surface area (Å²) in [6, 6.07) is 6.04. The highest BCUT2D eigenvalue weighted by Crippen LogP contribution is 2.21. The van der Waals surface area contributed by atoms with Gasteiger partial charge in [-0.25, -0.2) is 0 Å². The molecule has 0 heterocycles. The second-order valence-corrected chi connectivity index (χ2v) is 4.76. The van der Waals surface area contributed by atoms with Crippen molar-refractivity contribution >= 4 is 33.3 Å². The van der Waals surface area contributed by atoms with E-state index in [1.54, 1.807) is 0 Å². The smallest absolute Gasteiger partial charge is 0.147 e. The minimum atomic E-state index is -0.422. The van der Waals surface area contributed by atoms with E-state index in [2.05, 4.69) is 15.9 Å². The fraction of sp³-hybridized carbons (Fsp3) is 0.364. The third-order valence-electron chi connectivity index (χ3n) is 2.05. The fourth-order valence-electron chi connectivity index (χ4n) is 1.15. The number of ketones is 1. The largest absolute Gasteiger partial charge is 0.298 e. The summed E-state index contributed by atoms with van der Waals surface area (Å²) in [4.78, 5) is 11.0. The summed E-state index contributed by atoms with van der Waals surface area (Å²) in [5.74, 6) is 0.0131. The van der Waals surface area contributed by atoms with Gasteiger partial charge in [0.1, 0.15) is 5.78 Å². The Hall–Kier alpha value is -0.340. The lowest BCUT2D eigenvalue weighted by Crippen LogP contribution is -2.13. The van der Waals surface area contributed by atoms with Gasteiger partial charge in [0.25, 0.3) is 0 Å². The average Bonchev–Trinajstić information content (AvgIpc) is 2.09. The molecule has 1 aromatic rings. The van der Waals surface area contributed by atoms with Gasteiger partial charge in [-0.15, -0.1) is 11.6 Å². The Morgan fingerprint density at radius 2 is 2.21 bits per heavy atom. The first-order valence-corrected chi connectivity index (χ1v) is 5.63. The van der Waals surface area contributed by atoms with E-state index in [1.165, 1.54) is 12.5 Å². The number of carbonyl (C=O) groups is 1. The third-order valence-corrected chi connectivity index (χ3v) is 3.25. The molecule has 0 radical (unpaired) electrons. The molecule has 0 bridgehead atoms. The van der Waals surface area contributed by atoms with E-state index in [9.17, 15) is 4.79 Å². The van der Waals surface area contributed by atoms with Crippen molar-refractivity contribution < 1.29 is 4.79 Å². The molecule has 0 saturated carbocycles. The number of hydrogen-bond donors (Lipinski definition) is 0. The van der Waals surface area contributed by atoms with E-state index in [1.807, 2.05) is 25.1 Å². The quantitative estimate of drug-likeness (QED) is 0.772. The second kappa shape index (κ2) is 4.94. The molecule has 0 aliphatic rings. The first kappa shape index (κ1) is 11.7. The van der Waals surface area contributed by atoms with Crippen molar-refractivity contribution in [1.82, 2.24) is 0 Å². The maximum atomic E-state index is 11.0. The molecule has 76 valence electrons. The Balaban J connectivity index is 2.82. The summed E-state index contributed by atoms with van der Waals surface area (Å²) < 4.78 is 1.02. The second-order valence-electron chi connectivity index (χ2n) is 3.38. The molecule has 1 nitrogen and oxygen atoms in total. The van der Waals surface area contributed by atoms with Crippen LogP contribution in [0.25, 0.3) is 0 Å². The molecule has 14 heavy (non-hydrogen) atoms. The maximum absolute atomic E-state index is 11.0. The maximum Gasteiger partial charge on any atom is 0.147 e. The van der Waals surface area contributed by atoms with Crippen molar-refractivity contribution in [3.63, 3.8) is 0 Å². The first-order valence-electron chi connectivity index (χ1n) is 4.40. The normalized spacial score (nSPS) is 12.6. The Labute approximate surface area is 97.6 Å². The van der Waals surface area contributed by atoms with E-state index >= 15 is 0 Å². The number of aryl methyl sites for hydroxylation is 1. The predicted molar refractivity (Wildman–Crippen MR) is 62.9 cm³/mol. The molecule has 0 aliphatic carbocycles. The van der Waals surface area contributed by atoms with Crippen molar-refractivity contribution in [3.05, 3.63) is 33.8 Å². The van der Waals surface area contributed by atoms with Gasteiger partial charge in [-0.2, -0.15) is 0 Å². The van der Waals surface area contributed by atoms with Crippen LogP contribution in [0.2, 0.25) is 0 Å². The van der Waals surface area contributed by atoms with Crippen LogP contribution in [0, 0.1) is 6.92 Å². The molecule has 1 aromatic carbocycles. The minimum Gasteiger partial charge on any atom is -0.298 e. The SMILES string of the molecule is CC(=O)C(Cl)Cc1ccc(C)cc1Br.